The van der Waals surface area contributed by atoms with Crippen LogP contribution in [0.1, 0.15) is 20.7 Å². The van der Waals surface area contributed by atoms with E-state index in [9.17, 15) is 9.59 Å². The van der Waals surface area contributed by atoms with Crippen molar-refractivity contribution in [3.8, 4) is 28.4 Å². The molecule has 2 heterocycles. The second-order valence-corrected chi connectivity index (χ2v) is 10.9. The van der Waals surface area contributed by atoms with E-state index in [2.05, 4.69) is 25.2 Å². The Bertz CT molecular complexity index is 1840. The summed E-state index contributed by atoms with van der Waals surface area (Å²) in [6, 6.07) is 15.2. The van der Waals surface area contributed by atoms with Gasteiger partial charge >= 0.3 is 0 Å². The zero-order valence-electron chi connectivity index (χ0n) is 26.1. The Morgan fingerprint density at radius 3 is 2.06 bits per heavy atom. The molecule has 0 bridgehead atoms. The van der Waals surface area contributed by atoms with Crippen LogP contribution in [0, 0.1) is 0 Å². The van der Waals surface area contributed by atoms with Gasteiger partial charge in [-0.1, -0.05) is 29.3 Å². The van der Waals surface area contributed by atoms with E-state index in [1.165, 1.54) is 44.9 Å². The predicted octanol–water partition coefficient (Wildman–Crippen LogP) is 5.58. The van der Waals surface area contributed by atoms with Gasteiger partial charge in [0.1, 0.15) is 35.2 Å². The minimum absolute atomic E-state index is 0.223. The van der Waals surface area contributed by atoms with E-state index in [1.54, 1.807) is 18.2 Å². The van der Waals surface area contributed by atoms with Gasteiger partial charge in [-0.05, 0) is 56.6 Å². The Labute approximate surface area is 281 Å². The molecule has 0 aliphatic rings. The van der Waals surface area contributed by atoms with Crippen LogP contribution in [0.5, 0.6) is 17.2 Å². The fourth-order valence-corrected chi connectivity index (χ4v) is 4.98. The molecule has 5 N–H and O–H groups in total. The molecule has 0 saturated carbocycles. The van der Waals surface area contributed by atoms with Crippen molar-refractivity contribution in [1.82, 2.24) is 19.9 Å². The van der Waals surface area contributed by atoms with E-state index in [-0.39, 0.29) is 27.0 Å². The standard InChI is InChI=1S/C23H17Cl2N5O4.C10H16N2O/c1-33-14-9-15(34-2)19(25)17(18(14)24)12-4-5-13(21-20(12)27-7-8-28-21)23(32)30-16-6-3-11(10-29-16)22(26)31;1-12(2)7-8-13-10-5-3-9(11)4-6-10/h3-10H,1-2H3,(H2,26,31)(H,29,30,32);3-6H,7-8,11H2,1-2H3. The Balaban J connectivity index is 0.000000323. The Kier molecular flexibility index (Phi) is 11.7. The molecule has 0 fully saturated rings. The quantitative estimate of drug-likeness (QED) is 0.159. The zero-order chi connectivity index (χ0) is 34.1. The minimum Gasteiger partial charge on any atom is -0.495 e. The first kappa shape index (κ1) is 34.7. The number of benzene rings is 3. The van der Waals surface area contributed by atoms with Crippen molar-refractivity contribution in [2.75, 3.05) is 52.5 Å². The molecule has 0 atom stereocenters. The first-order chi connectivity index (χ1) is 22.5. The summed E-state index contributed by atoms with van der Waals surface area (Å²) >= 11 is 13.2. The molecule has 0 spiro atoms. The van der Waals surface area contributed by atoms with Crippen molar-refractivity contribution in [2.45, 2.75) is 0 Å². The number of amides is 2. The fourth-order valence-electron chi connectivity index (χ4n) is 4.27. The second kappa shape index (κ2) is 15.9. The van der Waals surface area contributed by atoms with Crippen molar-refractivity contribution >= 4 is 57.6 Å². The maximum atomic E-state index is 13.0. The van der Waals surface area contributed by atoms with E-state index in [1.807, 2.05) is 38.4 Å². The summed E-state index contributed by atoms with van der Waals surface area (Å²) in [5.74, 6) is 0.742. The summed E-state index contributed by atoms with van der Waals surface area (Å²) in [4.78, 5) is 39.2. The summed E-state index contributed by atoms with van der Waals surface area (Å²) < 4.78 is 16.2. The van der Waals surface area contributed by atoms with Crippen LogP contribution in [-0.4, -0.2) is 73.1 Å². The number of anilines is 2. The first-order valence-corrected chi connectivity index (χ1v) is 14.8. The molecule has 2 aromatic heterocycles. The van der Waals surface area contributed by atoms with E-state index in [0.29, 0.717) is 40.3 Å². The lowest BCUT2D eigenvalue weighted by atomic mass is 9.99. The largest absolute Gasteiger partial charge is 0.495 e. The number of primary amides is 1. The van der Waals surface area contributed by atoms with E-state index in [4.69, 9.17) is 48.9 Å². The van der Waals surface area contributed by atoms with Gasteiger partial charge in [0.2, 0.25) is 5.91 Å². The van der Waals surface area contributed by atoms with Gasteiger partial charge in [0.05, 0.1) is 40.9 Å². The summed E-state index contributed by atoms with van der Waals surface area (Å²) in [5.41, 5.74) is 13.7. The van der Waals surface area contributed by atoms with Crippen LogP contribution in [0.15, 0.2) is 73.2 Å². The van der Waals surface area contributed by atoms with Gasteiger partial charge in [-0.25, -0.2) is 4.98 Å². The van der Waals surface area contributed by atoms with Gasteiger partial charge in [0.25, 0.3) is 5.91 Å². The van der Waals surface area contributed by atoms with Gasteiger partial charge in [0, 0.05) is 48.0 Å². The maximum absolute atomic E-state index is 13.0. The Hall–Kier alpha value is -5.17. The molecule has 0 radical (unpaired) electrons. The monoisotopic (exact) mass is 677 g/mol. The van der Waals surface area contributed by atoms with Gasteiger partial charge in [-0.15, -0.1) is 0 Å². The summed E-state index contributed by atoms with van der Waals surface area (Å²) in [6.45, 7) is 1.63. The minimum atomic E-state index is -0.617. The highest BCUT2D eigenvalue weighted by Gasteiger charge is 2.23. The predicted molar refractivity (Wildman–Crippen MR) is 184 cm³/mol. The average molecular weight is 679 g/mol. The zero-order valence-corrected chi connectivity index (χ0v) is 27.6. The lowest BCUT2D eigenvalue weighted by Crippen LogP contribution is -2.19. The number of halogens is 2. The Morgan fingerprint density at radius 2 is 1.51 bits per heavy atom. The first-order valence-electron chi connectivity index (χ1n) is 14.1. The van der Waals surface area contributed by atoms with Crippen LogP contribution in [0.3, 0.4) is 0 Å². The normalized spacial score (nSPS) is 10.6. The number of likely N-dealkylation sites (N-methyl/N-ethyl adjacent to an activating group) is 1. The van der Waals surface area contributed by atoms with Crippen molar-refractivity contribution in [2.24, 2.45) is 5.73 Å². The van der Waals surface area contributed by atoms with E-state index in [0.717, 1.165) is 18.0 Å². The smallest absolute Gasteiger partial charge is 0.259 e. The topological polar surface area (TPSA) is 168 Å². The number of rotatable bonds is 10. The number of pyridine rings is 1. The lowest BCUT2D eigenvalue weighted by Gasteiger charge is -2.16. The molecule has 0 saturated heterocycles. The maximum Gasteiger partial charge on any atom is 0.259 e. The van der Waals surface area contributed by atoms with E-state index >= 15 is 0 Å². The van der Waals surface area contributed by atoms with Gasteiger partial charge in [-0.2, -0.15) is 0 Å². The van der Waals surface area contributed by atoms with Gasteiger partial charge in [-0.3, -0.25) is 19.6 Å². The van der Waals surface area contributed by atoms with E-state index < -0.39 is 11.8 Å². The van der Waals surface area contributed by atoms with Crippen LogP contribution >= 0.6 is 23.2 Å². The van der Waals surface area contributed by atoms with Crippen LogP contribution < -0.4 is 31.0 Å². The molecule has 0 aliphatic heterocycles. The lowest BCUT2D eigenvalue weighted by molar-refractivity contribution is 0.0998. The number of carbonyl (C=O) groups excluding carboxylic acids is 2. The molecule has 2 amide bonds. The number of nitrogens with zero attached hydrogens (tertiary/aromatic N) is 4. The van der Waals surface area contributed by atoms with Crippen LogP contribution in [0.2, 0.25) is 10.0 Å². The molecule has 5 aromatic rings. The number of hydrogen-bond donors (Lipinski definition) is 3. The molecule has 14 heteroatoms. The van der Waals surface area contributed by atoms with Crippen molar-refractivity contribution < 1.29 is 23.8 Å². The number of carbonyl (C=O) groups is 2. The Morgan fingerprint density at radius 1 is 0.872 bits per heavy atom. The molecule has 5 rings (SSSR count). The van der Waals surface area contributed by atoms with Gasteiger partial charge < -0.3 is 35.9 Å². The highest BCUT2D eigenvalue weighted by atomic mass is 35.5. The number of ether oxygens (including phenoxy) is 3. The molecule has 3 aromatic carbocycles. The molecule has 244 valence electrons. The molecule has 0 unspecified atom stereocenters. The SMILES string of the molecule is CN(C)CCOc1ccc(N)cc1.COc1cc(OC)c(Cl)c(-c2ccc(C(=O)Nc3ccc(C(N)=O)cn3)c3nccnc23)c1Cl. The number of nitrogen functional groups attached to an aromatic ring is 1. The van der Waals surface area contributed by atoms with Crippen LogP contribution in [0.4, 0.5) is 11.5 Å². The van der Waals surface area contributed by atoms with Crippen molar-refractivity contribution in [3.63, 3.8) is 0 Å². The summed E-state index contributed by atoms with van der Waals surface area (Å²) in [5, 5.41) is 3.19. The number of fused-ring (bicyclic) bond motifs is 1. The average Bonchev–Trinajstić information content (AvgIpc) is 3.06. The van der Waals surface area contributed by atoms with Gasteiger partial charge in [0.15, 0.2) is 0 Å². The number of nitrogens with two attached hydrogens (primary N) is 2. The van der Waals surface area contributed by atoms with Crippen molar-refractivity contribution in [3.05, 3.63) is 94.4 Å². The summed E-state index contributed by atoms with van der Waals surface area (Å²) in [6.07, 6.45) is 4.24. The molecule has 12 nitrogen and oxygen atoms in total. The molecular formula is C33H33Cl2N7O5. The molecule has 0 aliphatic carbocycles. The number of hydrogen-bond acceptors (Lipinski definition) is 10. The third-order valence-electron chi connectivity index (χ3n) is 6.69. The van der Waals surface area contributed by atoms with Crippen LogP contribution in [0.25, 0.3) is 22.2 Å². The third-order valence-corrected chi connectivity index (χ3v) is 7.44. The fraction of sp³-hybridized carbons (Fsp3) is 0.182. The number of aromatic nitrogens is 3. The second-order valence-electron chi connectivity index (χ2n) is 10.2. The number of nitrogens with one attached hydrogen (secondary N) is 1. The van der Waals surface area contributed by atoms with Crippen LogP contribution in [-0.2, 0) is 0 Å². The number of methoxy groups -OCH3 is 2. The highest BCUT2D eigenvalue weighted by molar-refractivity contribution is 6.41. The highest BCUT2D eigenvalue weighted by Crippen LogP contribution is 2.47. The summed E-state index contributed by atoms with van der Waals surface area (Å²) in [7, 11) is 7.00. The molecular weight excluding hydrogens is 645 g/mol. The van der Waals surface area contributed by atoms with Crippen molar-refractivity contribution in [1.29, 1.82) is 0 Å². The third kappa shape index (κ3) is 8.55. The molecule has 47 heavy (non-hydrogen) atoms.